The van der Waals surface area contributed by atoms with Crippen molar-refractivity contribution in [1.29, 1.82) is 0 Å². The van der Waals surface area contributed by atoms with Crippen LogP contribution >= 0.6 is 11.3 Å². The lowest BCUT2D eigenvalue weighted by Gasteiger charge is -2.07. The second-order valence-corrected chi connectivity index (χ2v) is 5.61. The standard InChI is InChI=1S/C13H13NO3S/c1-7-2-3-8-11(6-7)18-12(14-8)9-4-5-10(17-9)13(15)16/h2-3,6,9-10H,4-5H2,1H3,(H,15,16). The van der Waals surface area contributed by atoms with Crippen LogP contribution in [0, 0.1) is 6.92 Å². The van der Waals surface area contributed by atoms with Gasteiger partial charge in [0, 0.05) is 0 Å². The summed E-state index contributed by atoms with van der Waals surface area (Å²) in [6.45, 7) is 2.05. The van der Waals surface area contributed by atoms with Gasteiger partial charge >= 0.3 is 5.97 Å². The van der Waals surface area contributed by atoms with Gasteiger partial charge in [0.15, 0.2) is 6.10 Å². The van der Waals surface area contributed by atoms with Crippen molar-refractivity contribution in [2.24, 2.45) is 0 Å². The number of carbonyl (C=O) groups is 1. The third-order valence-corrected chi connectivity index (χ3v) is 4.24. The average Bonchev–Trinajstić information content (AvgIpc) is 2.93. The van der Waals surface area contributed by atoms with Gasteiger partial charge in [0.25, 0.3) is 0 Å². The molecule has 0 bridgehead atoms. The number of aromatic nitrogens is 1. The molecule has 1 fully saturated rings. The van der Waals surface area contributed by atoms with Crippen LogP contribution in [0.3, 0.4) is 0 Å². The minimum Gasteiger partial charge on any atom is -0.479 e. The fourth-order valence-electron chi connectivity index (χ4n) is 2.19. The maximum atomic E-state index is 10.9. The molecule has 2 atom stereocenters. The molecule has 3 rings (SSSR count). The zero-order valence-electron chi connectivity index (χ0n) is 9.92. The highest BCUT2D eigenvalue weighted by Crippen LogP contribution is 2.37. The Balaban J connectivity index is 1.89. The van der Waals surface area contributed by atoms with Gasteiger partial charge in [-0.05, 0) is 37.5 Å². The van der Waals surface area contributed by atoms with Gasteiger partial charge in [-0.2, -0.15) is 0 Å². The largest absolute Gasteiger partial charge is 0.479 e. The van der Waals surface area contributed by atoms with E-state index < -0.39 is 12.1 Å². The van der Waals surface area contributed by atoms with Gasteiger partial charge in [-0.1, -0.05) is 6.07 Å². The van der Waals surface area contributed by atoms with E-state index in [-0.39, 0.29) is 6.10 Å². The summed E-state index contributed by atoms with van der Waals surface area (Å²) in [5.74, 6) is -0.880. The van der Waals surface area contributed by atoms with E-state index in [4.69, 9.17) is 9.84 Å². The Bertz CT molecular complexity index is 607. The summed E-state index contributed by atoms with van der Waals surface area (Å²) < 4.78 is 6.65. The van der Waals surface area contributed by atoms with Crippen LogP contribution in [0.5, 0.6) is 0 Å². The molecule has 2 unspecified atom stereocenters. The maximum Gasteiger partial charge on any atom is 0.332 e. The second-order valence-electron chi connectivity index (χ2n) is 4.55. The molecule has 1 aliphatic heterocycles. The normalized spacial score (nSPS) is 23.6. The highest BCUT2D eigenvalue weighted by Gasteiger charge is 2.33. The Morgan fingerprint density at radius 1 is 1.50 bits per heavy atom. The summed E-state index contributed by atoms with van der Waals surface area (Å²) in [5, 5.41) is 9.80. The number of ether oxygens (including phenoxy) is 1. The molecular formula is C13H13NO3S. The van der Waals surface area contributed by atoms with Crippen LogP contribution in [-0.2, 0) is 9.53 Å². The Morgan fingerprint density at radius 2 is 2.33 bits per heavy atom. The molecule has 2 aromatic rings. The predicted octanol–water partition coefficient (Wildman–Crippen LogP) is 2.91. The van der Waals surface area contributed by atoms with Crippen molar-refractivity contribution in [1.82, 2.24) is 4.98 Å². The smallest absolute Gasteiger partial charge is 0.332 e. The van der Waals surface area contributed by atoms with Gasteiger partial charge in [-0.3, -0.25) is 0 Å². The van der Waals surface area contributed by atoms with Gasteiger partial charge in [-0.25, -0.2) is 9.78 Å². The molecule has 0 amide bonds. The van der Waals surface area contributed by atoms with E-state index in [0.717, 1.165) is 21.6 Å². The lowest BCUT2D eigenvalue weighted by Crippen LogP contribution is -2.18. The van der Waals surface area contributed by atoms with Crippen LogP contribution in [0.2, 0.25) is 0 Å². The summed E-state index contributed by atoms with van der Waals surface area (Å²) in [5.41, 5.74) is 2.16. The van der Waals surface area contributed by atoms with E-state index in [1.54, 1.807) is 11.3 Å². The summed E-state index contributed by atoms with van der Waals surface area (Å²) in [4.78, 5) is 15.4. The number of benzene rings is 1. The lowest BCUT2D eigenvalue weighted by atomic mass is 10.2. The number of aliphatic carboxylic acids is 1. The van der Waals surface area contributed by atoms with Crippen molar-refractivity contribution >= 4 is 27.5 Å². The average molecular weight is 263 g/mol. The molecule has 18 heavy (non-hydrogen) atoms. The number of aryl methyl sites for hydroxylation is 1. The first-order chi connectivity index (χ1) is 8.63. The van der Waals surface area contributed by atoms with Gasteiger partial charge in [0.2, 0.25) is 0 Å². The third kappa shape index (κ3) is 2.00. The molecule has 0 spiro atoms. The molecule has 0 aliphatic carbocycles. The van der Waals surface area contributed by atoms with Crippen LogP contribution in [0.4, 0.5) is 0 Å². The molecule has 1 aliphatic rings. The number of carboxylic acid groups (broad SMARTS) is 1. The summed E-state index contributed by atoms with van der Waals surface area (Å²) in [7, 11) is 0. The monoisotopic (exact) mass is 263 g/mol. The minimum absolute atomic E-state index is 0.163. The predicted molar refractivity (Wildman–Crippen MR) is 68.8 cm³/mol. The first-order valence-electron chi connectivity index (χ1n) is 5.89. The fraction of sp³-hybridized carbons (Fsp3) is 0.385. The highest BCUT2D eigenvalue weighted by atomic mass is 32.1. The van der Waals surface area contributed by atoms with E-state index >= 15 is 0 Å². The van der Waals surface area contributed by atoms with Gasteiger partial charge in [0.1, 0.15) is 11.1 Å². The zero-order valence-corrected chi connectivity index (χ0v) is 10.7. The Hall–Kier alpha value is -1.46. The third-order valence-electron chi connectivity index (χ3n) is 3.13. The van der Waals surface area contributed by atoms with Crippen molar-refractivity contribution in [3.05, 3.63) is 28.8 Å². The maximum absolute atomic E-state index is 10.9. The minimum atomic E-state index is -0.880. The molecule has 0 saturated carbocycles. The van der Waals surface area contributed by atoms with Crippen molar-refractivity contribution in [2.75, 3.05) is 0 Å². The Labute approximate surface area is 108 Å². The van der Waals surface area contributed by atoms with E-state index in [1.165, 1.54) is 5.56 Å². The Kier molecular flexibility index (Phi) is 2.80. The van der Waals surface area contributed by atoms with Crippen molar-refractivity contribution < 1.29 is 14.6 Å². The van der Waals surface area contributed by atoms with Crippen LogP contribution < -0.4 is 0 Å². The van der Waals surface area contributed by atoms with E-state index in [2.05, 4.69) is 11.1 Å². The highest BCUT2D eigenvalue weighted by molar-refractivity contribution is 7.18. The first kappa shape index (κ1) is 11.6. The number of hydrogen-bond donors (Lipinski definition) is 1. The van der Waals surface area contributed by atoms with E-state index in [1.807, 2.05) is 19.1 Å². The van der Waals surface area contributed by atoms with Crippen LogP contribution in [0.25, 0.3) is 10.2 Å². The second kappa shape index (κ2) is 4.33. The molecule has 1 aromatic heterocycles. The van der Waals surface area contributed by atoms with Gasteiger partial charge in [0.05, 0.1) is 10.2 Å². The summed E-state index contributed by atoms with van der Waals surface area (Å²) in [6, 6.07) is 6.12. The van der Waals surface area contributed by atoms with Crippen molar-refractivity contribution in [3.8, 4) is 0 Å². The first-order valence-corrected chi connectivity index (χ1v) is 6.70. The van der Waals surface area contributed by atoms with Gasteiger partial charge in [-0.15, -0.1) is 11.3 Å². The number of rotatable bonds is 2. The van der Waals surface area contributed by atoms with Gasteiger partial charge < -0.3 is 9.84 Å². The topological polar surface area (TPSA) is 59.4 Å². The molecule has 1 saturated heterocycles. The fourth-order valence-corrected chi connectivity index (χ4v) is 3.33. The molecule has 94 valence electrons. The lowest BCUT2D eigenvalue weighted by molar-refractivity contribution is -0.149. The molecule has 4 nitrogen and oxygen atoms in total. The molecular weight excluding hydrogens is 250 g/mol. The van der Waals surface area contributed by atoms with E-state index in [9.17, 15) is 4.79 Å². The Morgan fingerprint density at radius 3 is 3.06 bits per heavy atom. The zero-order chi connectivity index (χ0) is 12.7. The summed E-state index contributed by atoms with van der Waals surface area (Å²) >= 11 is 1.59. The number of nitrogens with zero attached hydrogens (tertiary/aromatic N) is 1. The number of hydrogen-bond acceptors (Lipinski definition) is 4. The summed E-state index contributed by atoms with van der Waals surface area (Å²) in [6.07, 6.45) is 0.456. The van der Waals surface area contributed by atoms with Crippen LogP contribution in [-0.4, -0.2) is 22.2 Å². The SMILES string of the molecule is Cc1ccc2nc(C3CCC(C(=O)O)O3)sc2c1. The molecule has 2 heterocycles. The number of fused-ring (bicyclic) bond motifs is 1. The molecule has 1 aromatic carbocycles. The van der Waals surface area contributed by atoms with E-state index in [0.29, 0.717) is 6.42 Å². The molecule has 1 N–H and O–H groups in total. The van der Waals surface area contributed by atoms with Crippen LogP contribution in [0.1, 0.15) is 29.5 Å². The number of thiazole rings is 1. The van der Waals surface area contributed by atoms with Crippen molar-refractivity contribution in [2.45, 2.75) is 32.0 Å². The molecule has 5 heteroatoms. The number of carboxylic acids is 1. The van der Waals surface area contributed by atoms with Crippen molar-refractivity contribution in [3.63, 3.8) is 0 Å². The molecule has 0 radical (unpaired) electrons. The quantitative estimate of drug-likeness (QED) is 0.905. The van der Waals surface area contributed by atoms with Crippen LogP contribution in [0.15, 0.2) is 18.2 Å².